The van der Waals surface area contributed by atoms with E-state index in [4.69, 9.17) is 5.11 Å². The summed E-state index contributed by atoms with van der Waals surface area (Å²) in [7, 11) is 0. The lowest BCUT2D eigenvalue weighted by molar-refractivity contribution is -0.131. The van der Waals surface area contributed by atoms with Crippen LogP contribution in [0.2, 0.25) is 0 Å². The average Bonchev–Trinajstić information content (AvgIpc) is 2.78. The van der Waals surface area contributed by atoms with Crippen molar-refractivity contribution in [3.63, 3.8) is 0 Å². The molecule has 0 aromatic carbocycles. The molecule has 188 valence electrons. The summed E-state index contributed by atoms with van der Waals surface area (Å²) < 4.78 is 0. The summed E-state index contributed by atoms with van der Waals surface area (Å²) in [4.78, 5) is 10.3. The zero-order valence-electron chi connectivity index (χ0n) is 20.6. The van der Waals surface area contributed by atoms with E-state index < -0.39 is 12.1 Å². The van der Waals surface area contributed by atoms with Gasteiger partial charge >= 0.3 is 5.97 Å². The van der Waals surface area contributed by atoms with Gasteiger partial charge in [0.2, 0.25) is 0 Å². The second kappa shape index (κ2) is 20.6. The largest absolute Gasteiger partial charge is 0.478 e. The lowest BCUT2D eigenvalue weighted by Gasteiger charge is -2.19. The first kappa shape index (κ1) is 31.0. The van der Waals surface area contributed by atoms with E-state index in [1.54, 1.807) is 18.2 Å². The summed E-state index contributed by atoms with van der Waals surface area (Å²) in [5.74, 6) is -0.634. The van der Waals surface area contributed by atoms with Crippen molar-refractivity contribution in [2.45, 2.75) is 96.4 Å². The van der Waals surface area contributed by atoms with Crippen LogP contribution in [0.15, 0.2) is 61.3 Å². The number of aliphatic hydroxyl groups is 3. The van der Waals surface area contributed by atoms with Crippen molar-refractivity contribution in [2.24, 2.45) is 11.8 Å². The highest BCUT2D eigenvalue weighted by Gasteiger charge is 2.14. The maximum absolute atomic E-state index is 10.3. The van der Waals surface area contributed by atoms with Crippen LogP contribution in [-0.4, -0.2) is 44.7 Å². The molecule has 0 amide bonds. The third-order valence-corrected chi connectivity index (χ3v) is 5.82. The smallest absolute Gasteiger partial charge is 0.328 e. The third kappa shape index (κ3) is 19.2. The van der Waals surface area contributed by atoms with Gasteiger partial charge in [-0.3, -0.25) is 0 Å². The van der Waals surface area contributed by atoms with Crippen molar-refractivity contribution in [3.05, 3.63) is 61.3 Å². The second-order valence-electron chi connectivity index (χ2n) is 8.87. The molecule has 0 aromatic heterocycles. The molecule has 0 aromatic rings. The SMILES string of the molecule is C=C/C=C\CC[C@@H](C)[C@H](O)CCCCC[C@@H](O)[C@@H](C)/C=C\CC[C@H](O)C/C=C/C=C\C(=O)O. The summed E-state index contributed by atoms with van der Waals surface area (Å²) in [6, 6.07) is 0. The molecule has 0 radical (unpaired) electrons. The van der Waals surface area contributed by atoms with Gasteiger partial charge in [-0.15, -0.1) is 0 Å². The topological polar surface area (TPSA) is 98.0 Å². The van der Waals surface area contributed by atoms with Gasteiger partial charge in [0.1, 0.15) is 0 Å². The Balaban J connectivity index is 3.90. The first-order valence-corrected chi connectivity index (χ1v) is 12.3. The van der Waals surface area contributed by atoms with E-state index in [-0.39, 0.29) is 18.1 Å². The highest BCUT2D eigenvalue weighted by molar-refractivity contribution is 5.80. The molecule has 0 aliphatic heterocycles. The maximum atomic E-state index is 10.3. The molecule has 0 bridgehead atoms. The number of allylic oxidation sites excluding steroid dienone is 6. The standard InChI is InChI=1S/C28H46O5/c1-4-5-6-9-16-23(2)26(30)20-11-8-12-21-27(31)24(3)17-14-15-19-25(29)18-10-7-13-22-28(32)33/h4-7,10,13-14,17,22-27,29-31H,1,8-9,11-12,15-16,18-21H2,2-3H3,(H,32,33)/b6-5-,10-7+,17-14-,22-13-/t23-,24+,25-,26-,27-/m1/s1. The molecule has 0 unspecified atom stereocenters. The van der Waals surface area contributed by atoms with Gasteiger partial charge < -0.3 is 20.4 Å². The minimum Gasteiger partial charge on any atom is -0.478 e. The normalized spacial score (nSPS) is 17.1. The molecule has 5 heteroatoms. The van der Waals surface area contributed by atoms with Crippen molar-refractivity contribution >= 4 is 5.97 Å². The van der Waals surface area contributed by atoms with Gasteiger partial charge in [0.25, 0.3) is 0 Å². The molecule has 4 N–H and O–H groups in total. The molecule has 33 heavy (non-hydrogen) atoms. The Morgan fingerprint density at radius 3 is 2.15 bits per heavy atom. The minimum absolute atomic E-state index is 0.0671. The molecule has 0 saturated carbocycles. The lowest BCUT2D eigenvalue weighted by atomic mass is 9.93. The van der Waals surface area contributed by atoms with Gasteiger partial charge in [0.05, 0.1) is 18.3 Å². The van der Waals surface area contributed by atoms with E-state index in [1.165, 1.54) is 6.08 Å². The van der Waals surface area contributed by atoms with Crippen molar-refractivity contribution < 1.29 is 25.2 Å². The summed E-state index contributed by atoms with van der Waals surface area (Å²) >= 11 is 0. The zero-order chi connectivity index (χ0) is 24.9. The highest BCUT2D eigenvalue weighted by atomic mass is 16.4. The summed E-state index contributed by atoms with van der Waals surface area (Å²) in [6.07, 6.45) is 22.8. The molecule has 0 heterocycles. The van der Waals surface area contributed by atoms with E-state index in [0.29, 0.717) is 18.8 Å². The van der Waals surface area contributed by atoms with Crippen LogP contribution >= 0.6 is 0 Å². The molecular formula is C28H46O5. The van der Waals surface area contributed by atoms with Gasteiger partial charge in [-0.25, -0.2) is 4.79 Å². The second-order valence-corrected chi connectivity index (χ2v) is 8.87. The van der Waals surface area contributed by atoms with Gasteiger partial charge in [-0.2, -0.15) is 0 Å². The van der Waals surface area contributed by atoms with E-state index in [2.05, 4.69) is 19.6 Å². The molecule has 0 aliphatic carbocycles. The van der Waals surface area contributed by atoms with Crippen molar-refractivity contribution in [1.29, 1.82) is 0 Å². The molecule has 0 saturated heterocycles. The van der Waals surface area contributed by atoms with Crippen LogP contribution in [0.1, 0.15) is 78.1 Å². The van der Waals surface area contributed by atoms with Gasteiger partial charge in [-0.05, 0) is 56.8 Å². The molecular weight excluding hydrogens is 416 g/mol. The van der Waals surface area contributed by atoms with E-state index >= 15 is 0 Å². The number of aliphatic carboxylic acids is 1. The summed E-state index contributed by atoms with van der Waals surface area (Å²) in [6.45, 7) is 7.75. The van der Waals surface area contributed by atoms with Crippen LogP contribution < -0.4 is 0 Å². The third-order valence-electron chi connectivity index (χ3n) is 5.82. The van der Waals surface area contributed by atoms with Crippen molar-refractivity contribution in [3.8, 4) is 0 Å². The van der Waals surface area contributed by atoms with Gasteiger partial charge in [-0.1, -0.05) is 88.3 Å². The molecule has 0 rings (SSSR count). The van der Waals surface area contributed by atoms with E-state index in [0.717, 1.165) is 57.4 Å². The van der Waals surface area contributed by atoms with Crippen LogP contribution in [0.25, 0.3) is 0 Å². The molecule has 0 fully saturated rings. The van der Waals surface area contributed by atoms with Crippen molar-refractivity contribution in [1.82, 2.24) is 0 Å². The zero-order valence-corrected chi connectivity index (χ0v) is 20.6. The predicted octanol–water partition coefficient (Wildman–Crippen LogP) is 5.74. The Morgan fingerprint density at radius 2 is 1.48 bits per heavy atom. The summed E-state index contributed by atoms with van der Waals surface area (Å²) in [5.41, 5.74) is 0. The number of hydrogen-bond donors (Lipinski definition) is 4. The number of aliphatic hydroxyl groups excluding tert-OH is 3. The Hall–Kier alpha value is -1.95. The van der Waals surface area contributed by atoms with Crippen LogP contribution in [0.4, 0.5) is 0 Å². The van der Waals surface area contributed by atoms with Crippen LogP contribution in [0, 0.1) is 11.8 Å². The van der Waals surface area contributed by atoms with E-state index in [9.17, 15) is 20.1 Å². The molecule has 5 nitrogen and oxygen atoms in total. The predicted molar refractivity (Wildman–Crippen MR) is 137 cm³/mol. The fraction of sp³-hybridized carbons (Fsp3) is 0.607. The first-order chi connectivity index (χ1) is 15.8. The number of unbranched alkanes of at least 4 members (excludes halogenated alkanes) is 2. The van der Waals surface area contributed by atoms with Gasteiger partial charge in [0.15, 0.2) is 0 Å². The van der Waals surface area contributed by atoms with Crippen LogP contribution in [-0.2, 0) is 4.79 Å². The maximum Gasteiger partial charge on any atom is 0.328 e. The monoisotopic (exact) mass is 462 g/mol. The Labute approximate surface area is 200 Å². The lowest BCUT2D eigenvalue weighted by Crippen LogP contribution is -2.17. The fourth-order valence-electron chi connectivity index (χ4n) is 3.47. The van der Waals surface area contributed by atoms with Crippen LogP contribution in [0.5, 0.6) is 0 Å². The first-order valence-electron chi connectivity index (χ1n) is 12.3. The van der Waals surface area contributed by atoms with E-state index in [1.807, 2.05) is 25.2 Å². The molecule has 0 aliphatic rings. The van der Waals surface area contributed by atoms with Crippen molar-refractivity contribution in [2.75, 3.05) is 0 Å². The Bertz CT molecular complexity index is 620. The number of carboxylic acid groups (broad SMARTS) is 1. The fourth-order valence-corrected chi connectivity index (χ4v) is 3.47. The van der Waals surface area contributed by atoms with Crippen LogP contribution in [0.3, 0.4) is 0 Å². The van der Waals surface area contributed by atoms with Gasteiger partial charge in [0, 0.05) is 6.08 Å². The number of carbonyl (C=O) groups is 1. The quantitative estimate of drug-likeness (QED) is 0.0801. The summed E-state index contributed by atoms with van der Waals surface area (Å²) in [5, 5.41) is 39.0. The minimum atomic E-state index is -0.992. The Morgan fingerprint density at radius 1 is 0.818 bits per heavy atom. The molecule has 0 spiro atoms. The average molecular weight is 463 g/mol. The Kier molecular flexibility index (Phi) is 19.4. The number of carboxylic acids is 1. The number of hydrogen-bond acceptors (Lipinski definition) is 4. The molecule has 5 atom stereocenters. The number of rotatable bonds is 20. The highest BCUT2D eigenvalue weighted by Crippen LogP contribution is 2.19.